The van der Waals surface area contributed by atoms with Crippen molar-refractivity contribution >= 4 is 10.0 Å². The van der Waals surface area contributed by atoms with Crippen LogP contribution < -0.4 is 9.46 Å². The first-order chi connectivity index (χ1) is 12.6. The molecule has 8 heteroatoms. The maximum absolute atomic E-state index is 12.8. The van der Waals surface area contributed by atoms with Gasteiger partial charge in [0, 0.05) is 12.5 Å². The van der Waals surface area contributed by atoms with E-state index in [0.717, 1.165) is 35.4 Å². The van der Waals surface area contributed by atoms with Crippen molar-refractivity contribution < 1.29 is 26.3 Å². The van der Waals surface area contributed by atoms with E-state index in [9.17, 15) is 21.6 Å². The fourth-order valence-electron chi connectivity index (χ4n) is 3.03. The summed E-state index contributed by atoms with van der Waals surface area (Å²) in [6.45, 7) is 2.16. The van der Waals surface area contributed by atoms with Crippen LogP contribution in [0.3, 0.4) is 0 Å². The predicted molar refractivity (Wildman–Crippen MR) is 96.1 cm³/mol. The van der Waals surface area contributed by atoms with E-state index in [2.05, 4.69) is 4.72 Å². The van der Waals surface area contributed by atoms with E-state index in [4.69, 9.17) is 4.74 Å². The standard InChI is InChI=1S/C19H20F3NO3S/c1-13(15-3-2-4-17(12-15)19(20,21)22)23-27(24,25)10-8-14-5-6-18-16(11-14)7-9-26-18/h2-6,11-13,23H,7-10H2,1H3/t13-/m1/s1. The molecule has 0 bridgehead atoms. The lowest BCUT2D eigenvalue weighted by atomic mass is 10.1. The maximum Gasteiger partial charge on any atom is 0.416 e. The van der Waals surface area contributed by atoms with Gasteiger partial charge >= 0.3 is 6.18 Å². The van der Waals surface area contributed by atoms with Gasteiger partial charge in [-0.05, 0) is 48.2 Å². The number of benzene rings is 2. The number of hydrogen-bond acceptors (Lipinski definition) is 3. The molecule has 1 aliphatic heterocycles. The molecule has 1 N–H and O–H groups in total. The Bertz CT molecular complexity index is 926. The van der Waals surface area contributed by atoms with Crippen LogP contribution in [0.1, 0.15) is 35.2 Å². The Labute approximate surface area is 156 Å². The number of halogens is 3. The molecule has 3 rings (SSSR count). The summed E-state index contributed by atoms with van der Waals surface area (Å²) < 4.78 is 71.0. The molecule has 0 amide bonds. The number of aryl methyl sites for hydroxylation is 1. The van der Waals surface area contributed by atoms with Gasteiger partial charge in [0.1, 0.15) is 5.75 Å². The fraction of sp³-hybridized carbons (Fsp3) is 0.368. The van der Waals surface area contributed by atoms with Gasteiger partial charge in [-0.1, -0.05) is 24.3 Å². The van der Waals surface area contributed by atoms with Gasteiger partial charge in [0.05, 0.1) is 17.9 Å². The van der Waals surface area contributed by atoms with Crippen molar-refractivity contribution in [2.24, 2.45) is 0 Å². The van der Waals surface area contributed by atoms with E-state index in [1.54, 1.807) is 0 Å². The van der Waals surface area contributed by atoms with Crippen molar-refractivity contribution in [2.75, 3.05) is 12.4 Å². The van der Waals surface area contributed by atoms with Crippen LogP contribution in [-0.4, -0.2) is 20.8 Å². The second kappa shape index (κ2) is 7.52. The highest BCUT2D eigenvalue weighted by Gasteiger charge is 2.31. The first kappa shape index (κ1) is 19.7. The Hall–Kier alpha value is -2.06. The minimum atomic E-state index is -4.47. The maximum atomic E-state index is 12.8. The summed E-state index contributed by atoms with van der Waals surface area (Å²) in [5, 5.41) is 0. The highest BCUT2D eigenvalue weighted by Crippen LogP contribution is 2.31. The van der Waals surface area contributed by atoms with Crippen molar-refractivity contribution in [3.8, 4) is 5.75 Å². The van der Waals surface area contributed by atoms with Gasteiger partial charge in [-0.25, -0.2) is 13.1 Å². The summed E-state index contributed by atoms with van der Waals surface area (Å²) in [6, 6.07) is 9.52. The van der Waals surface area contributed by atoms with Gasteiger partial charge in [-0.2, -0.15) is 13.2 Å². The number of ether oxygens (including phenoxy) is 1. The SMILES string of the molecule is C[C@@H](NS(=O)(=O)CCc1ccc2c(c1)CCO2)c1cccc(C(F)(F)F)c1. The Morgan fingerprint density at radius 1 is 1.19 bits per heavy atom. The van der Waals surface area contributed by atoms with Gasteiger partial charge in [0.15, 0.2) is 0 Å². The summed E-state index contributed by atoms with van der Waals surface area (Å²) in [7, 11) is -3.65. The van der Waals surface area contributed by atoms with Crippen LogP contribution in [0.2, 0.25) is 0 Å². The van der Waals surface area contributed by atoms with E-state index in [1.165, 1.54) is 19.1 Å². The van der Waals surface area contributed by atoms with Crippen molar-refractivity contribution in [3.63, 3.8) is 0 Å². The third kappa shape index (κ3) is 5.01. The molecule has 146 valence electrons. The lowest BCUT2D eigenvalue weighted by Gasteiger charge is -2.16. The zero-order valence-corrected chi connectivity index (χ0v) is 15.5. The lowest BCUT2D eigenvalue weighted by Crippen LogP contribution is -2.30. The molecule has 0 saturated carbocycles. The average molecular weight is 399 g/mol. The van der Waals surface area contributed by atoms with Crippen molar-refractivity contribution in [1.29, 1.82) is 0 Å². The quantitative estimate of drug-likeness (QED) is 0.803. The molecule has 0 radical (unpaired) electrons. The topological polar surface area (TPSA) is 55.4 Å². The highest BCUT2D eigenvalue weighted by molar-refractivity contribution is 7.89. The van der Waals surface area contributed by atoms with Gasteiger partial charge in [-0.3, -0.25) is 0 Å². The molecule has 2 aromatic carbocycles. The molecule has 1 atom stereocenters. The summed E-state index contributed by atoms with van der Waals surface area (Å²) in [5.41, 5.74) is 1.42. The van der Waals surface area contributed by atoms with Crippen LogP contribution in [-0.2, 0) is 29.0 Å². The number of nitrogens with one attached hydrogen (secondary N) is 1. The third-order valence-corrected chi connectivity index (χ3v) is 5.94. The predicted octanol–water partition coefficient (Wildman–Crippen LogP) is 3.86. The van der Waals surface area contributed by atoms with Crippen molar-refractivity contribution in [2.45, 2.75) is 32.0 Å². The van der Waals surface area contributed by atoms with Crippen molar-refractivity contribution in [1.82, 2.24) is 4.72 Å². The minimum Gasteiger partial charge on any atom is -0.493 e. The van der Waals surface area contributed by atoms with Gasteiger partial charge in [0.2, 0.25) is 10.0 Å². The van der Waals surface area contributed by atoms with E-state index in [0.29, 0.717) is 13.0 Å². The number of rotatable bonds is 6. The monoisotopic (exact) mass is 399 g/mol. The molecule has 2 aromatic rings. The first-order valence-electron chi connectivity index (χ1n) is 8.56. The molecule has 0 saturated heterocycles. The van der Waals surface area contributed by atoms with Crippen LogP contribution in [0.25, 0.3) is 0 Å². The third-order valence-electron chi connectivity index (χ3n) is 4.48. The van der Waals surface area contributed by atoms with E-state index in [1.807, 2.05) is 18.2 Å². The van der Waals surface area contributed by atoms with Crippen LogP contribution in [0, 0.1) is 0 Å². The van der Waals surface area contributed by atoms with E-state index >= 15 is 0 Å². The van der Waals surface area contributed by atoms with E-state index in [-0.39, 0.29) is 11.3 Å². The average Bonchev–Trinajstić information content (AvgIpc) is 3.07. The van der Waals surface area contributed by atoms with Crippen molar-refractivity contribution in [3.05, 3.63) is 64.7 Å². The van der Waals surface area contributed by atoms with Gasteiger partial charge in [-0.15, -0.1) is 0 Å². The zero-order valence-electron chi connectivity index (χ0n) is 14.7. The summed E-state index contributed by atoms with van der Waals surface area (Å²) in [6.07, 6.45) is -3.34. The molecule has 0 fully saturated rings. The molecule has 0 spiro atoms. The molecule has 0 aromatic heterocycles. The Morgan fingerprint density at radius 2 is 1.96 bits per heavy atom. The molecular formula is C19H20F3NO3S. The normalized spacial score (nSPS) is 15.3. The summed E-state index contributed by atoms with van der Waals surface area (Å²) in [4.78, 5) is 0. The second-order valence-electron chi connectivity index (χ2n) is 6.57. The number of alkyl halides is 3. The van der Waals surface area contributed by atoms with Crippen LogP contribution in [0.5, 0.6) is 5.75 Å². The highest BCUT2D eigenvalue weighted by atomic mass is 32.2. The Morgan fingerprint density at radius 3 is 2.70 bits per heavy atom. The molecule has 27 heavy (non-hydrogen) atoms. The van der Waals surface area contributed by atoms with Gasteiger partial charge in [0.25, 0.3) is 0 Å². The zero-order chi connectivity index (χ0) is 19.7. The molecule has 0 aliphatic carbocycles. The Kier molecular flexibility index (Phi) is 5.48. The summed E-state index contributed by atoms with van der Waals surface area (Å²) >= 11 is 0. The molecule has 4 nitrogen and oxygen atoms in total. The minimum absolute atomic E-state index is 0.143. The number of hydrogen-bond donors (Lipinski definition) is 1. The molecule has 1 aliphatic rings. The first-order valence-corrected chi connectivity index (χ1v) is 10.2. The molecule has 0 unspecified atom stereocenters. The number of sulfonamides is 1. The summed E-state index contributed by atoms with van der Waals surface area (Å²) in [5.74, 6) is 0.688. The van der Waals surface area contributed by atoms with Crippen LogP contribution >= 0.6 is 0 Å². The number of fused-ring (bicyclic) bond motifs is 1. The van der Waals surface area contributed by atoms with E-state index < -0.39 is 27.8 Å². The van der Waals surface area contributed by atoms with Crippen LogP contribution in [0.15, 0.2) is 42.5 Å². The van der Waals surface area contributed by atoms with Gasteiger partial charge < -0.3 is 4.74 Å². The Balaban J connectivity index is 1.64. The second-order valence-corrected chi connectivity index (χ2v) is 8.45. The van der Waals surface area contributed by atoms with Crippen LogP contribution in [0.4, 0.5) is 13.2 Å². The fourth-order valence-corrected chi connectivity index (χ4v) is 4.33. The smallest absolute Gasteiger partial charge is 0.416 e. The molecule has 1 heterocycles. The largest absolute Gasteiger partial charge is 0.493 e. The lowest BCUT2D eigenvalue weighted by molar-refractivity contribution is -0.137. The molecular weight excluding hydrogens is 379 g/mol.